The summed E-state index contributed by atoms with van der Waals surface area (Å²) in [6.07, 6.45) is 0.950. The van der Waals surface area contributed by atoms with Gasteiger partial charge in [-0.25, -0.2) is 12.8 Å². The Morgan fingerprint density at radius 3 is 2.58 bits per heavy atom. The SMILES string of the molecule is CCOc1ccccc1NC(=O)CN(c1ccc(F)c(Cl)c1)S(C)(=O)=O. The molecule has 0 aromatic heterocycles. The summed E-state index contributed by atoms with van der Waals surface area (Å²) in [5.41, 5.74) is 0.511. The third-order valence-corrected chi connectivity index (χ3v) is 4.77. The fourth-order valence-electron chi connectivity index (χ4n) is 2.21. The number of ether oxygens (including phenoxy) is 1. The number of halogens is 2. The molecule has 0 spiro atoms. The van der Waals surface area contributed by atoms with Gasteiger partial charge in [0.15, 0.2) is 0 Å². The highest BCUT2D eigenvalue weighted by atomic mass is 35.5. The summed E-state index contributed by atoms with van der Waals surface area (Å²) < 4.78 is 43.7. The van der Waals surface area contributed by atoms with Gasteiger partial charge in [0.25, 0.3) is 0 Å². The number of anilines is 2. The Morgan fingerprint density at radius 1 is 1.27 bits per heavy atom. The number of nitrogens with one attached hydrogen (secondary N) is 1. The minimum Gasteiger partial charge on any atom is -0.492 e. The smallest absolute Gasteiger partial charge is 0.245 e. The maximum Gasteiger partial charge on any atom is 0.245 e. The molecule has 0 aliphatic rings. The molecule has 0 bridgehead atoms. The zero-order valence-electron chi connectivity index (χ0n) is 14.2. The van der Waals surface area contributed by atoms with E-state index in [1.807, 2.05) is 6.92 Å². The van der Waals surface area contributed by atoms with Gasteiger partial charge in [0.2, 0.25) is 15.9 Å². The second-order valence-corrected chi connectivity index (χ2v) is 7.66. The highest BCUT2D eigenvalue weighted by Gasteiger charge is 2.22. The number of sulfonamides is 1. The van der Waals surface area contributed by atoms with Gasteiger partial charge in [0.05, 0.1) is 29.3 Å². The average Bonchev–Trinajstić information content (AvgIpc) is 2.56. The minimum atomic E-state index is -3.80. The van der Waals surface area contributed by atoms with Crippen LogP contribution in [0.5, 0.6) is 5.75 Å². The molecular formula is C17H18ClFN2O4S. The van der Waals surface area contributed by atoms with Gasteiger partial charge in [0.1, 0.15) is 18.1 Å². The van der Waals surface area contributed by atoms with Crippen molar-refractivity contribution < 1.29 is 22.3 Å². The first-order valence-electron chi connectivity index (χ1n) is 7.66. The lowest BCUT2D eigenvalue weighted by Crippen LogP contribution is -2.37. The van der Waals surface area contributed by atoms with Gasteiger partial charge >= 0.3 is 0 Å². The number of benzene rings is 2. The summed E-state index contributed by atoms with van der Waals surface area (Å²) in [7, 11) is -3.80. The molecule has 0 atom stereocenters. The lowest BCUT2D eigenvalue weighted by atomic mass is 10.3. The topological polar surface area (TPSA) is 75.7 Å². The molecule has 2 rings (SSSR count). The van der Waals surface area contributed by atoms with Crippen LogP contribution in [0.1, 0.15) is 6.92 Å². The van der Waals surface area contributed by atoms with E-state index in [1.165, 1.54) is 6.07 Å². The number of rotatable bonds is 7. The first-order chi connectivity index (χ1) is 12.2. The maximum absolute atomic E-state index is 13.3. The molecule has 0 fully saturated rings. The second-order valence-electron chi connectivity index (χ2n) is 5.35. The summed E-state index contributed by atoms with van der Waals surface area (Å²) in [6.45, 7) is 1.72. The van der Waals surface area contributed by atoms with Crippen molar-refractivity contribution in [2.45, 2.75) is 6.92 Å². The van der Waals surface area contributed by atoms with Crippen LogP contribution >= 0.6 is 11.6 Å². The van der Waals surface area contributed by atoms with Crippen LogP contribution in [-0.2, 0) is 14.8 Å². The Labute approximate surface area is 156 Å². The average molecular weight is 401 g/mol. The van der Waals surface area contributed by atoms with E-state index in [4.69, 9.17) is 16.3 Å². The normalized spacial score (nSPS) is 11.1. The standard InChI is InChI=1S/C17H18ClFN2O4S/c1-3-25-16-7-5-4-6-15(16)20-17(22)11-21(26(2,23)24)12-8-9-14(19)13(18)10-12/h4-10H,3,11H2,1-2H3,(H,20,22). The summed E-state index contributed by atoms with van der Waals surface area (Å²) in [4.78, 5) is 12.4. The van der Waals surface area contributed by atoms with E-state index >= 15 is 0 Å². The van der Waals surface area contributed by atoms with Crippen molar-refractivity contribution in [2.75, 3.05) is 29.0 Å². The summed E-state index contributed by atoms with van der Waals surface area (Å²) in [6, 6.07) is 10.2. The molecule has 2 aromatic carbocycles. The first-order valence-corrected chi connectivity index (χ1v) is 9.89. The maximum atomic E-state index is 13.3. The molecule has 0 aliphatic heterocycles. The number of amides is 1. The lowest BCUT2D eigenvalue weighted by Gasteiger charge is -2.22. The van der Waals surface area contributed by atoms with E-state index in [2.05, 4.69) is 5.32 Å². The largest absolute Gasteiger partial charge is 0.492 e. The van der Waals surface area contributed by atoms with E-state index in [0.717, 1.165) is 22.7 Å². The molecular weight excluding hydrogens is 383 g/mol. The Balaban J connectivity index is 2.24. The predicted octanol–water partition coefficient (Wildman–Crippen LogP) is 3.28. The fourth-order valence-corrected chi connectivity index (χ4v) is 3.23. The molecule has 140 valence electrons. The number of hydrogen-bond donors (Lipinski definition) is 1. The van der Waals surface area contributed by atoms with Crippen molar-refractivity contribution in [3.63, 3.8) is 0 Å². The third-order valence-electron chi connectivity index (χ3n) is 3.34. The van der Waals surface area contributed by atoms with Gasteiger partial charge in [-0.05, 0) is 37.3 Å². The number of carbonyl (C=O) groups is 1. The number of nitrogens with zero attached hydrogens (tertiary/aromatic N) is 1. The molecule has 6 nitrogen and oxygen atoms in total. The van der Waals surface area contributed by atoms with Crippen molar-refractivity contribution in [1.82, 2.24) is 0 Å². The molecule has 0 heterocycles. The molecule has 26 heavy (non-hydrogen) atoms. The van der Waals surface area contributed by atoms with Crippen molar-refractivity contribution >= 4 is 38.9 Å². The minimum absolute atomic E-state index is 0.0899. The number of hydrogen-bond acceptors (Lipinski definition) is 4. The highest BCUT2D eigenvalue weighted by Crippen LogP contribution is 2.26. The van der Waals surface area contributed by atoms with Crippen LogP contribution in [0, 0.1) is 5.82 Å². The van der Waals surface area contributed by atoms with Gasteiger partial charge < -0.3 is 10.1 Å². The van der Waals surface area contributed by atoms with Crippen molar-refractivity contribution in [1.29, 1.82) is 0 Å². The Hall–Kier alpha value is -2.32. The zero-order valence-corrected chi connectivity index (χ0v) is 15.8. The van der Waals surface area contributed by atoms with E-state index in [1.54, 1.807) is 24.3 Å². The van der Waals surface area contributed by atoms with Gasteiger partial charge in [-0.3, -0.25) is 9.10 Å². The summed E-state index contributed by atoms with van der Waals surface area (Å²) in [5.74, 6) is -0.791. The van der Waals surface area contributed by atoms with Gasteiger partial charge in [-0.1, -0.05) is 23.7 Å². The van der Waals surface area contributed by atoms with Crippen LogP contribution in [-0.4, -0.2) is 33.7 Å². The van der Waals surface area contributed by atoms with E-state index in [9.17, 15) is 17.6 Å². The Morgan fingerprint density at radius 2 is 1.96 bits per heavy atom. The molecule has 0 saturated carbocycles. The van der Waals surface area contributed by atoms with Crippen LogP contribution in [0.2, 0.25) is 5.02 Å². The van der Waals surface area contributed by atoms with Crippen molar-refractivity contribution in [3.05, 3.63) is 53.3 Å². The van der Waals surface area contributed by atoms with Crippen LogP contribution < -0.4 is 14.4 Å². The van der Waals surface area contributed by atoms with Gasteiger partial charge in [-0.2, -0.15) is 0 Å². The first kappa shape index (κ1) is 20.0. The van der Waals surface area contributed by atoms with E-state index in [-0.39, 0.29) is 10.7 Å². The number of carbonyl (C=O) groups excluding carboxylic acids is 1. The van der Waals surface area contributed by atoms with Gasteiger partial charge in [-0.15, -0.1) is 0 Å². The molecule has 1 N–H and O–H groups in total. The summed E-state index contributed by atoms with van der Waals surface area (Å²) in [5, 5.41) is 2.38. The molecule has 0 aliphatic carbocycles. The van der Waals surface area contributed by atoms with Crippen LogP contribution in [0.3, 0.4) is 0 Å². The zero-order chi connectivity index (χ0) is 19.3. The number of para-hydroxylation sites is 2. The Kier molecular flexibility index (Phi) is 6.44. The molecule has 9 heteroatoms. The van der Waals surface area contributed by atoms with Crippen LogP contribution in [0.25, 0.3) is 0 Å². The van der Waals surface area contributed by atoms with E-state index < -0.39 is 28.3 Å². The molecule has 1 amide bonds. The lowest BCUT2D eigenvalue weighted by molar-refractivity contribution is -0.114. The van der Waals surface area contributed by atoms with Gasteiger partial charge in [0, 0.05) is 0 Å². The van der Waals surface area contributed by atoms with E-state index in [0.29, 0.717) is 18.0 Å². The second kappa shape index (κ2) is 8.37. The highest BCUT2D eigenvalue weighted by molar-refractivity contribution is 7.92. The van der Waals surface area contributed by atoms with Crippen LogP contribution in [0.15, 0.2) is 42.5 Å². The van der Waals surface area contributed by atoms with Crippen LogP contribution in [0.4, 0.5) is 15.8 Å². The van der Waals surface area contributed by atoms with Crippen molar-refractivity contribution in [2.24, 2.45) is 0 Å². The molecule has 0 radical (unpaired) electrons. The molecule has 2 aromatic rings. The Bertz CT molecular complexity index is 905. The third kappa shape index (κ3) is 5.09. The molecule has 0 unspecified atom stereocenters. The monoisotopic (exact) mass is 400 g/mol. The van der Waals surface area contributed by atoms with Crippen molar-refractivity contribution in [3.8, 4) is 5.75 Å². The summed E-state index contributed by atoms with van der Waals surface area (Å²) >= 11 is 5.72. The fraction of sp³-hybridized carbons (Fsp3) is 0.235. The predicted molar refractivity (Wildman–Crippen MR) is 99.8 cm³/mol. The molecule has 0 saturated heterocycles. The quantitative estimate of drug-likeness (QED) is 0.773.